The second kappa shape index (κ2) is 12.6. The number of carbonyl (C=O) groups excluding carboxylic acids is 1. The highest BCUT2D eigenvalue weighted by Crippen LogP contribution is 2.31. The second-order valence-corrected chi connectivity index (χ2v) is 9.54. The zero-order chi connectivity index (χ0) is 24.7. The van der Waals surface area contributed by atoms with Crippen LogP contribution < -0.4 is 22.1 Å². The van der Waals surface area contributed by atoms with E-state index in [1.807, 2.05) is 6.08 Å². The molecule has 1 saturated heterocycles. The number of ether oxygens (including phenoxy) is 4. The van der Waals surface area contributed by atoms with Gasteiger partial charge < -0.3 is 56.4 Å². The van der Waals surface area contributed by atoms with Crippen molar-refractivity contribution in [3.05, 3.63) is 11.8 Å². The van der Waals surface area contributed by atoms with Gasteiger partial charge in [-0.3, -0.25) is 4.79 Å². The quantitative estimate of drug-likeness (QED) is 0.123. The third-order valence-corrected chi connectivity index (χ3v) is 6.34. The van der Waals surface area contributed by atoms with Crippen molar-refractivity contribution in [2.75, 3.05) is 26.2 Å². The summed E-state index contributed by atoms with van der Waals surface area (Å²) in [6.45, 7) is 3.47. The topological polar surface area (TPSA) is 191 Å². The van der Waals surface area contributed by atoms with E-state index in [1.165, 1.54) is 0 Å². The van der Waals surface area contributed by atoms with E-state index < -0.39 is 54.7 Å². The van der Waals surface area contributed by atoms with Crippen molar-refractivity contribution in [2.24, 2.45) is 11.5 Å². The average Bonchev–Trinajstić information content (AvgIpc) is 2.78. The molecule has 3 aliphatic rings. The lowest BCUT2D eigenvalue weighted by molar-refractivity contribution is -0.296. The summed E-state index contributed by atoms with van der Waals surface area (Å²) in [5.74, 6) is 0.756. The number of hydrogen-bond acceptors (Lipinski definition) is 11. The molecule has 1 aliphatic carbocycles. The molecule has 34 heavy (non-hydrogen) atoms. The van der Waals surface area contributed by atoms with Crippen LogP contribution >= 0.6 is 0 Å². The van der Waals surface area contributed by atoms with Gasteiger partial charge in [0.25, 0.3) is 0 Å². The third kappa shape index (κ3) is 7.33. The maximum absolute atomic E-state index is 11.2. The number of carbonyl (C=O) groups is 1. The van der Waals surface area contributed by atoms with Gasteiger partial charge in [0.1, 0.15) is 30.2 Å². The molecule has 0 radical (unpaired) electrons. The van der Waals surface area contributed by atoms with Crippen molar-refractivity contribution in [1.29, 1.82) is 0 Å². The molecule has 0 bridgehead atoms. The van der Waals surface area contributed by atoms with E-state index in [0.29, 0.717) is 25.9 Å². The summed E-state index contributed by atoms with van der Waals surface area (Å²) < 4.78 is 23.4. The van der Waals surface area contributed by atoms with E-state index in [4.69, 9.17) is 30.4 Å². The molecule has 9 N–H and O–H groups in total. The average molecular weight is 489 g/mol. The van der Waals surface area contributed by atoms with Gasteiger partial charge in [-0.05, 0) is 45.4 Å². The van der Waals surface area contributed by atoms with Crippen LogP contribution in [0.3, 0.4) is 0 Å². The Labute approximate surface area is 199 Å². The summed E-state index contributed by atoms with van der Waals surface area (Å²) in [6, 6.07) is -1.21. The van der Waals surface area contributed by atoms with E-state index in [0.717, 1.165) is 25.1 Å². The van der Waals surface area contributed by atoms with Gasteiger partial charge in [-0.15, -0.1) is 0 Å². The molecule has 1 amide bonds. The minimum atomic E-state index is -1.22. The van der Waals surface area contributed by atoms with Gasteiger partial charge >= 0.3 is 0 Å². The second-order valence-electron chi connectivity index (χ2n) is 9.54. The summed E-state index contributed by atoms with van der Waals surface area (Å²) in [5, 5.41) is 37.5. The zero-order valence-corrected chi connectivity index (χ0v) is 19.7. The van der Waals surface area contributed by atoms with Crippen molar-refractivity contribution in [3.8, 4) is 0 Å². The maximum atomic E-state index is 11.2. The Kier molecular flexibility index (Phi) is 10.1. The SMILES string of the molecule is C[C@]1(O)COC(O[C@H]2C(NC=O)CC(N)[C@@H](O[C@@H]3CCC=C(CNCCCN)O3)C2O)C(O)C1. The van der Waals surface area contributed by atoms with Crippen LogP contribution in [0.25, 0.3) is 0 Å². The first-order chi connectivity index (χ1) is 16.2. The minimum absolute atomic E-state index is 0.0346. The number of rotatable bonds is 11. The Morgan fingerprint density at radius 2 is 2.12 bits per heavy atom. The van der Waals surface area contributed by atoms with Crippen molar-refractivity contribution in [3.63, 3.8) is 0 Å². The predicted octanol–water partition coefficient (Wildman–Crippen LogP) is -2.22. The summed E-state index contributed by atoms with van der Waals surface area (Å²) in [5.41, 5.74) is 10.6. The van der Waals surface area contributed by atoms with Gasteiger partial charge in [-0.1, -0.05) is 0 Å². The molecule has 2 aliphatic heterocycles. The Morgan fingerprint density at radius 1 is 1.32 bits per heavy atom. The molecular weight excluding hydrogens is 448 g/mol. The van der Waals surface area contributed by atoms with Crippen molar-refractivity contribution in [2.45, 2.75) is 93.7 Å². The van der Waals surface area contributed by atoms with Crippen molar-refractivity contribution in [1.82, 2.24) is 10.6 Å². The van der Waals surface area contributed by atoms with E-state index in [-0.39, 0.29) is 19.4 Å². The van der Waals surface area contributed by atoms with Gasteiger partial charge in [-0.25, -0.2) is 0 Å². The lowest BCUT2D eigenvalue weighted by Crippen LogP contribution is -2.65. The van der Waals surface area contributed by atoms with Crippen LogP contribution in [0.4, 0.5) is 0 Å². The molecule has 5 unspecified atom stereocenters. The number of hydrogen-bond donors (Lipinski definition) is 7. The van der Waals surface area contributed by atoms with Crippen LogP contribution in [0.1, 0.15) is 39.0 Å². The normalized spacial score (nSPS) is 40.8. The zero-order valence-electron chi connectivity index (χ0n) is 19.7. The molecule has 12 heteroatoms. The number of allylic oxidation sites excluding steroid dienone is 1. The molecule has 0 aromatic heterocycles. The highest BCUT2D eigenvalue weighted by atomic mass is 16.7. The number of aliphatic hydroxyl groups is 3. The van der Waals surface area contributed by atoms with Crippen molar-refractivity contribution >= 4 is 6.41 Å². The first-order valence-electron chi connectivity index (χ1n) is 12.0. The summed E-state index contributed by atoms with van der Waals surface area (Å²) in [7, 11) is 0. The van der Waals surface area contributed by atoms with Crippen LogP contribution in [0.15, 0.2) is 11.8 Å². The summed E-state index contributed by atoms with van der Waals surface area (Å²) in [4.78, 5) is 11.2. The molecule has 12 nitrogen and oxygen atoms in total. The minimum Gasteiger partial charge on any atom is -0.468 e. The maximum Gasteiger partial charge on any atom is 0.207 e. The number of nitrogens with one attached hydrogen (secondary N) is 2. The van der Waals surface area contributed by atoms with Gasteiger partial charge in [0.2, 0.25) is 6.41 Å². The smallest absolute Gasteiger partial charge is 0.207 e. The lowest BCUT2D eigenvalue weighted by Gasteiger charge is -2.46. The fourth-order valence-electron chi connectivity index (χ4n) is 4.59. The summed E-state index contributed by atoms with van der Waals surface area (Å²) in [6.07, 6.45) is -0.704. The Morgan fingerprint density at radius 3 is 2.82 bits per heavy atom. The van der Waals surface area contributed by atoms with E-state index >= 15 is 0 Å². The molecule has 196 valence electrons. The molecule has 1 saturated carbocycles. The molecule has 9 atom stereocenters. The van der Waals surface area contributed by atoms with Crippen LogP contribution in [0.5, 0.6) is 0 Å². The van der Waals surface area contributed by atoms with Crippen LogP contribution in [0.2, 0.25) is 0 Å². The number of amides is 1. The first-order valence-corrected chi connectivity index (χ1v) is 12.0. The number of aliphatic hydroxyl groups excluding tert-OH is 2. The third-order valence-electron chi connectivity index (χ3n) is 6.34. The largest absolute Gasteiger partial charge is 0.468 e. The molecule has 2 fully saturated rings. The van der Waals surface area contributed by atoms with Crippen molar-refractivity contribution < 1.29 is 39.1 Å². The predicted molar refractivity (Wildman–Crippen MR) is 121 cm³/mol. The summed E-state index contributed by atoms with van der Waals surface area (Å²) >= 11 is 0. The van der Waals surface area contributed by atoms with Crippen LogP contribution in [-0.4, -0.2) is 103 Å². The highest BCUT2D eigenvalue weighted by molar-refractivity contribution is 5.47. The molecule has 2 heterocycles. The Bertz CT molecular complexity index is 681. The first kappa shape index (κ1) is 27.2. The Hall–Kier alpha value is -1.35. The van der Waals surface area contributed by atoms with Gasteiger partial charge in [0.05, 0.1) is 24.8 Å². The van der Waals surface area contributed by atoms with Crippen LogP contribution in [0, 0.1) is 0 Å². The molecule has 0 spiro atoms. The van der Waals surface area contributed by atoms with E-state index in [9.17, 15) is 20.1 Å². The van der Waals surface area contributed by atoms with Crippen LogP contribution in [-0.2, 0) is 23.7 Å². The molecular formula is C22H40N4O8. The Balaban J connectivity index is 1.62. The fraction of sp³-hybridized carbons (Fsp3) is 0.864. The van der Waals surface area contributed by atoms with Gasteiger partial charge in [-0.2, -0.15) is 0 Å². The highest BCUT2D eigenvalue weighted by Gasteiger charge is 2.48. The monoisotopic (exact) mass is 488 g/mol. The van der Waals surface area contributed by atoms with Gasteiger partial charge in [0.15, 0.2) is 12.6 Å². The van der Waals surface area contributed by atoms with E-state index in [1.54, 1.807) is 6.92 Å². The fourth-order valence-corrected chi connectivity index (χ4v) is 4.59. The standard InChI is InChI=1S/C22H40N4O8/c1-22(30)9-16(28)21(31-11-22)34-20-15(26-12-27)8-14(24)19(18(20)29)33-17-5-2-4-13(32-17)10-25-7-3-6-23/h4,12,14-21,25,28-30H,2-3,5-11,23-24H2,1H3,(H,26,27)/t14?,15?,16?,17-,18?,19-,20+,21?,22-/m1/s1. The van der Waals surface area contributed by atoms with Gasteiger partial charge in [0, 0.05) is 18.9 Å². The molecule has 3 rings (SSSR count). The van der Waals surface area contributed by atoms with E-state index in [2.05, 4.69) is 10.6 Å². The lowest BCUT2D eigenvalue weighted by atomic mass is 9.83. The molecule has 0 aromatic rings. The number of nitrogens with two attached hydrogens (primary N) is 2. The molecule has 0 aromatic carbocycles.